The van der Waals surface area contributed by atoms with E-state index in [1.54, 1.807) is 30.3 Å². The Hall–Kier alpha value is -3.13. The number of rotatable bonds is 7. The quantitative estimate of drug-likeness (QED) is 0.643. The van der Waals surface area contributed by atoms with Gasteiger partial charge in [-0.05, 0) is 24.3 Å². The molecule has 0 aliphatic carbocycles. The molecule has 0 bridgehead atoms. The molecule has 1 radical (unpaired) electrons. The maximum atomic E-state index is 12.2. The molecule has 2 aromatic carbocycles. The molecule has 0 saturated heterocycles. The van der Waals surface area contributed by atoms with Crippen LogP contribution < -0.4 is 20.5 Å². The van der Waals surface area contributed by atoms with Crippen LogP contribution in [0.4, 0.5) is 15.9 Å². The number of nitrogens with two attached hydrogens (primary N) is 1. The lowest BCUT2D eigenvalue weighted by molar-refractivity contribution is 0.0991. The minimum Gasteiger partial charge on any atom is -0.496 e. The third kappa shape index (κ3) is 4.17. The van der Waals surface area contributed by atoms with Crippen molar-refractivity contribution in [3.8, 4) is 11.5 Å². The van der Waals surface area contributed by atoms with Gasteiger partial charge in [-0.15, -0.1) is 0 Å². The average Bonchev–Trinajstić information content (AvgIpc) is 2.66. The van der Waals surface area contributed by atoms with E-state index in [1.165, 1.54) is 7.11 Å². The lowest BCUT2D eigenvalue weighted by atomic mass is 10.2. The molecule has 9 heteroatoms. The largest absolute Gasteiger partial charge is 0.496 e. The second-order valence-electron chi connectivity index (χ2n) is 5.37. The fourth-order valence-electron chi connectivity index (χ4n) is 2.35. The number of primary amides is 1. The molecule has 1 heterocycles. The minimum absolute atomic E-state index is 0.0807. The van der Waals surface area contributed by atoms with Gasteiger partial charge in [0.05, 0.1) is 17.6 Å². The first-order chi connectivity index (χ1) is 13.0. The number of ether oxygens (including phenoxy) is 2. The van der Waals surface area contributed by atoms with Crippen molar-refractivity contribution >= 4 is 39.9 Å². The van der Waals surface area contributed by atoms with Crippen LogP contribution in [0.1, 0.15) is 10.6 Å². The second-order valence-corrected chi connectivity index (χ2v) is 5.78. The normalized spacial score (nSPS) is 10.6. The van der Waals surface area contributed by atoms with Crippen LogP contribution in [0.15, 0.2) is 30.3 Å². The molecule has 0 unspecified atom stereocenters. The van der Waals surface area contributed by atoms with Gasteiger partial charge in [-0.1, -0.05) is 11.6 Å². The Kier molecular flexibility index (Phi) is 5.56. The van der Waals surface area contributed by atoms with Crippen molar-refractivity contribution in [3.63, 3.8) is 0 Å². The second kappa shape index (κ2) is 8.05. The van der Waals surface area contributed by atoms with Gasteiger partial charge in [-0.2, -0.15) is 0 Å². The van der Waals surface area contributed by atoms with E-state index in [2.05, 4.69) is 21.4 Å². The number of alkyl halides is 1. The number of fused-ring (bicyclic) bond motifs is 1. The van der Waals surface area contributed by atoms with Crippen molar-refractivity contribution < 1.29 is 18.7 Å². The molecule has 0 spiro atoms. The fourth-order valence-corrected chi connectivity index (χ4v) is 2.59. The van der Waals surface area contributed by atoms with E-state index in [0.29, 0.717) is 38.9 Å². The van der Waals surface area contributed by atoms with Crippen LogP contribution in [0.5, 0.6) is 11.5 Å². The van der Waals surface area contributed by atoms with Gasteiger partial charge in [0, 0.05) is 23.2 Å². The third-order valence-corrected chi connectivity index (χ3v) is 3.87. The highest BCUT2D eigenvalue weighted by atomic mass is 35.5. The van der Waals surface area contributed by atoms with E-state index < -0.39 is 12.6 Å². The maximum absolute atomic E-state index is 12.2. The zero-order valence-electron chi connectivity index (χ0n) is 14.3. The number of hydrogen-bond acceptors (Lipinski definition) is 6. The van der Waals surface area contributed by atoms with E-state index in [1.807, 2.05) is 0 Å². The zero-order chi connectivity index (χ0) is 19.4. The first kappa shape index (κ1) is 18.7. The number of anilines is 2. The number of nitrogens with one attached hydrogen (secondary N) is 1. The molecule has 139 valence electrons. The first-order valence-corrected chi connectivity index (χ1v) is 8.22. The van der Waals surface area contributed by atoms with Crippen LogP contribution in [-0.2, 0) is 0 Å². The minimum atomic E-state index is -0.764. The lowest BCUT2D eigenvalue weighted by Gasteiger charge is -2.12. The predicted molar refractivity (Wildman–Crippen MR) is 99.6 cm³/mol. The van der Waals surface area contributed by atoms with Gasteiger partial charge in [-0.25, -0.2) is 14.4 Å². The van der Waals surface area contributed by atoms with Gasteiger partial charge in [0.25, 0.3) is 5.91 Å². The van der Waals surface area contributed by atoms with Gasteiger partial charge in [-0.3, -0.25) is 4.79 Å². The van der Waals surface area contributed by atoms with Crippen molar-refractivity contribution in [2.45, 2.75) is 0 Å². The number of methoxy groups -OCH3 is 1. The summed E-state index contributed by atoms with van der Waals surface area (Å²) in [5.74, 6) is 0.261. The molecular weight excluding hydrogens is 375 g/mol. The standard InChI is InChI=1S/C18H15ClFN4O3/c1-26-11-3-4-12-14(9-11)23-18(16(21)25)24-17(12)22-10-2-5-15(13(19)8-10)27-7-6-20/h2,4-5,8-9H,6-7H2,1H3,(H2,21,25)(H,22,23,24). The molecule has 3 N–H and O–H groups in total. The van der Waals surface area contributed by atoms with E-state index in [4.69, 9.17) is 26.8 Å². The van der Waals surface area contributed by atoms with E-state index in [9.17, 15) is 9.18 Å². The number of nitrogens with zero attached hydrogens (tertiary/aromatic N) is 2. The predicted octanol–water partition coefficient (Wildman–Crippen LogP) is 3.28. The summed E-state index contributed by atoms with van der Waals surface area (Å²) in [6.45, 7) is -0.693. The maximum Gasteiger partial charge on any atom is 0.286 e. The number of amides is 1. The van der Waals surface area contributed by atoms with Gasteiger partial charge in [0.2, 0.25) is 5.82 Å². The smallest absolute Gasteiger partial charge is 0.286 e. The molecule has 0 aliphatic heterocycles. The Labute approximate surface area is 159 Å². The first-order valence-electron chi connectivity index (χ1n) is 7.84. The summed E-state index contributed by atoms with van der Waals surface area (Å²) in [6, 6.07) is 11.1. The monoisotopic (exact) mass is 389 g/mol. The topological polar surface area (TPSA) is 99.4 Å². The highest BCUT2D eigenvalue weighted by molar-refractivity contribution is 6.32. The van der Waals surface area contributed by atoms with Crippen molar-refractivity contribution in [1.29, 1.82) is 0 Å². The molecule has 1 amide bonds. The van der Waals surface area contributed by atoms with Crippen LogP contribution in [-0.4, -0.2) is 36.3 Å². The summed E-state index contributed by atoms with van der Waals surface area (Å²) < 4.78 is 22.6. The van der Waals surface area contributed by atoms with Crippen molar-refractivity contribution in [1.82, 2.24) is 9.97 Å². The van der Waals surface area contributed by atoms with Crippen LogP contribution in [0.3, 0.4) is 0 Å². The van der Waals surface area contributed by atoms with Crippen LogP contribution in [0.2, 0.25) is 5.02 Å². The molecule has 27 heavy (non-hydrogen) atoms. The van der Waals surface area contributed by atoms with Crippen molar-refractivity contribution in [2.24, 2.45) is 5.73 Å². The summed E-state index contributed by atoms with van der Waals surface area (Å²) in [5, 5.41) is 3.98. The fraction of sp³-hybridized carbons (Fsp3) is 0.167. The van der Waals surface area contributed by atoms with Gasteiger partial charge in [0.15, 0.2) is 0 Å². The SMILES string of the molecule is COc1[c]cc2c(Nc3ccc(OCCF)c(Cl)c3)nc(C(N)=O)nc2c1. The molecule has 0 aliphatic rings. The van der Waals surface area contributed by atoms with Crippen LogP contribution in [0, 0.1) is 6.07 Å². The van der Waals surface area contributed by atoms with Gasteiger partial charge in [0.1, 0.15) is 30.6 Å². The van der Waals surface area contributed by atoms with Crippen molar-refractivity contribution in [2.75, 3.05) is 25.7 Å². The Morgan fingerprint density at radius 3 is 2.85 bits per heavy atom. The molecule has 0 atom stereocenters. The third-order valence-electron chi connectivity index (χ3n) is 3.57. The molecule has 3 rings (SSSR count). The summed E-state index contributed by atoms with van der Waals surface area (Å²) in [5.41, 5.74) is 6.38. The molecule has 0 saturated carbocycles. The zero-order valence-corrected chi connectivity index (χ0v) is 15.0. The number of benzene rings is 2. The van der Waals surface area contributed by atoms with Gasteiger partial charge < -0.3 is 20.5 Å². The number of hydrogen-bond donors (Lipinski definition) is 2. The summed E-state index contributed by atoms with van der Waals surface area (Å²) >= 11 is 6.15. The van der Waals surface area contributed by atoms with Crippen LogP contribution in [0.25, 0.3) is 10.9 Å². The summed E-state index contributed by atoms with van der Waals surface area (Å²) in [7, 11) is 1.50. The van der Waals surface area contributed by atoms with E-state index in [0.717, 1.165) is 0 Å². The highest BCUT2D eigenvalue weighted by Crippen LogP contribution is 2.31. The Morgan fingerprint density at radius 1 is 1.37 bits per heavy atom. The van der Waals surface area contributed by atoms with E-state index in [-0.39, 0.29) is 12.4 Å². The number of halogens is 2. The summed E-state index contributed by atoms with van der Waals surface area (Å²) in [6.07, 6.45) is 0. The molecule has 7 nitrogen and oxygen atoms in total. The number of carbonyl (C=O) groups is 1. The summed E-state index contributed by atoms with van der Waals surface area (Å²) in [4.78, 5) is 19.9. The molecule has 0 fully saturated rings. The van der Waals surface area contributed by atoms with Gasteiger partial charge >= 0.3 is 0 Å². The Bertz CT molecular complexity index is 1000. The molecular formula is C18H15ClFN4O3. The Balaban J connectivity index is 2.00. The highest BCUT2D eigenvalue weighted by Gasteiger charge is 2.13. The average molecular weight is 390 g/mol. The lowest BCUT2D eigenvalue weighted by Crippen LogP contribution is -2.16. The molecule has 3 aromatic rings. The number of carbonyl (C=O) groups excluding carboxylic acids is 1. The van der Waals surface area contributed by atoms with E-state index >= 15 is 0 Å². The van der Waals surface area contributed by atoms with Crippen molar-refractivity contribution in [3.05, 3.63) is 47.2 Å². The molecule has 1 aromatic heterocycles. The Morgan fingerprint density at radius 2 is 2.19 bits per heavy atom. The number of aromatic nitrogens is 2. The van der Waals surface area contributed by atoms with Crippen LogP contribution >= 0.6 is 11.6 Å².